The number of hydrogen-bond acceptors (Lipinski definition) is 5. The molecule has 3 aromatic rings. The highest BCUT2D eigenvalue weighted by Gasteiger charge is 2.29. The molecule has 2 heterocycles. The van der Waals surface area contributed by atoms with Crippen LogP contribution >= 0.6 is 11.6 Å². The van der Waals surface area contributed by atoms with Crippen molar-refractivity contribution in [2.75, 3.05) is 7.11 Å². The van der Waals surface area contributed by atoms with Crippen molar-refractivity contribution in [3.63, 3.8) is 0 Å². The summed E-state index contributed by atoms with van der Waals surface area (Å²) < 4.78 is 7.47. The molecule has 0 spiro atoms. The summed E-state index contributed by atoms with van der Waals surface area (Å²) in [6.07, 6.45) is 1.62. The number of fused-ring (bicyclic) bond motifs is 3. The largest absolute Gasteiger partial charge is 0.497 e. The van der Waals surface area contributed by atoms with E-state index in [1.807, 2.05) is 60.9 Å². The van der Waals surface area contributed by atoms with E-state index in [9.17, 15) is 4.79 Å². The third-order valence-electron chi connectivity index (χ3n) is 5.20. The summed E-state index contributed by atoms with van der Waals surface area (Å²) in [7, 11) is 1.64. The van der Waals surface area contributed by atoms with Gasteiger partial charge in [0, 0.05) is 29.0 Å². The van der Waals surface area contributed by atoms with Crippen LogP contribution in [0.5, 0.6) is 5.75 Å². The third-order valence-corrected chi connectivity index (χ3v) is 5.45. The molecule has 0 bridgehead atoms. The number of aliphatic imine (C=N–C) groups is 1. The van der Waals surface area contributed by atoms with Crippen LogP contribution in [-0.4, -0.2) is 33.4 Å². The second kappa shape index (κ2) is 8.40. The Kier molecular flexibility index (Phi) is 5.68. The van der Waals surface area contributed by atoms with Crippen molar-refractivity contribution in [1.82, 2.24) is 14.8 Å². The number of hydrogen-bond donors (Lipinski definition) is 0. The first kappa shape index (κ1) is 20.3. The molecule has 1 atom stereocenters. The van der Waals surface area contributed by atoms with E-state index >= 15 is 0 Å². The minimum Gasteiger partial charge on any atom is -0.497 e. The number of carbonyl (C=O) groups excluding carboxylic acids is 1. The zero-order chi connectivity index (χ0) is 21.3. The van der Waals surface area contributed by atoms with Crippen LogP contribution in [0.1, 0.15) is 55.0 Å². The minimum atomic E-state index is -0.422. The van der Waals surface area contributed by atoms with Gasteiger partial charge in [-0.1, -0.05) is 30.7 Å². The van der Waals surface area contributed by atoms with Gasteiger partial charge in [0.1, 0.15) is 23.4 Å². The average molecular weight is 423 g/mol. The van der Waals surface area contributed by atoms with Crippen LogP contribution in [0.15, 0.2) is 47.5 Å². The fourth-order valence-electron chi connectivity index (χ4n) is 3.77. The molecule has 154 valence electrons. The van der Waals surface area contributed by atoms with Crippen molar-refractivity contribution < 1.29 is 9.53 Å². The molecule has 1 aliphatic rings. The normalized spacial score (nSPS) is 15.1. The fraction of sp³-hybridized carbons (Fsp3) is 0.304. The number of methoxy groups -OCH3 is 1. The summed E-state index contributed by atoms with van der Waals surface area (Å²) in [5, 5.41) is 9.33. The molecule has 6 nitrogen and oxygen atoms in total. The van der Waals surface area contributed by atoms with Gasteiger partial charge in [-0.25, -0.2) is 0 Å². The van der Waals surface area contributed by atoms with Gasteiger partial charge in [-0.15, -0.1) is 10.2 Å². The SMILES string of the molecule is CCCC(=O)C[C@@H]1N=C(c2ccc(Cl)cc2)c2cc(OC)ccc2-n2c(C)nnc21. The number of ketones is 1. The van der Waals surface area contributed by atoms with Gasteiger partial charge >= 0.3 is 0 Å². The van der Waals surface area contributed by atoms with Crippen LogP contribution < -0.4 is 4.74 Å². The fourth-order valence-corrected chi connectivity index (χ4v) is 3.90. The smallest absolute Gasteiger partial charge is 0.162 e. The standard InChI is InChI=1S/C23H23ClN4O2/c1-4-5-17(29)12-20-23-27-26-14(2)28(23)21-11-10-18(30-3)13-19(21)22(25-20)15-6-8-16(24)9-7-15/h6-11,13,20H,4-5,12H2,1-3H3/t20-/m0/s1. The Labute approximate surface area is 180 Å². The Morgan fingerprint density at radius 1 is 1.17 bits per heavy atom. The van der Waals surface area contributed by atoms with E-state index in [2.05, 4.69) is 10.2 Å². The van der Waals surface area contributed by atoms with Gasteiger partial charge in [-0.3, -0.25) is 14.4 Å². The molecule has 4 rings (SSSR count). The number of ether oxygens (including phenoxy) is 1. The molecule has 0 saturated carbocycles. The first-order valence-corrected chi connectivity index (χ1v) is 10.4. The highest BCUT2D eigenvalue weighted by molar-refractivity contribution is 6.30. The molecule has 0 unspecified atom stereocenters. The van der Waals surface area contributed by atoms with Crippen molar-refractivity contribution in [3.8, 4) is 11.4 Å². The molecule has 7 heteroatoms. The predicted molar refractivity (Wildman–Crippen MR) is 117 cm³/mol. The summed E-state index contributed by atoms with van der Waals surface area (Å²) in [4.78, 5) is 17.6. The first-order valence-electron chi connectivity index (χ1n) is 9.98. The zero-order valence-corrected chi connectivity index (χ0v) is 18.0. The molecule has 30 heavy (non-hydrogen) atoms. The van der Waals surface area contributed by atoms with Crippen molar-refractivity contribution >= 4 is 23.1 Å². The number of nitrogens with zero attached hydrogens (tertiary/aromatic N) is 4. The highest BCUT2D eigenvalue weighted by atomic mass is 35.5. The van der Waals surface area contributed by atoms with Crippen molar-refractivity contribution in [2.24, 2.45) is 4.99 Å². The Morgan fingerprint density at radius 2 is 1.93 bits per heavy atom. The lowest BCUT2D eigenvalue weighted by Crippen LogP contribution is -2.11. The number of aryl methyl sites for hydroxylation is 1. The quantitative estimate of drug-likeness (QED) is 0.567. The van der Waals surface area contributed by atoms with Crippen molar-refractivity contribution in [1.29, 1.82) is 0 Å². The summed E-state index contributed by atoms with van der Waals surface area (Å²) in [5.41, 5.74) is 3.50. The van der Waals surface area contributed by atoms with E-state index in [1.54, 1.807) is 7.11 Å². The summed E-state index contributed by atoms with van der Waals surface area (Å²) in [5.74, 6) is 2.31. The number of benzene rings is 2. The summed E-state index contributed by atoms with van der Waals surface area (Å²) in [6.45, 7) is 3.91. The van der Waals surface area contributed by atoms with Gasteiger partial charge in [0.2, 0.25) is 0 Å². The lowest BCUT2D eigenvalue weighted by molar-refractivity contribution is -0.119. The Morgan fingerprint density at radius 3 is 2.63 bits per heavy atom. The summed E-state index contributed by atoms with van der Waals surface area (Å²) >= 11 is 6.11. The molecule has 0 radical (unpaired) electrons. The van der Waals surface area contributed by atoms with Crippen LogP contribution in [-0.2, 0) is 4.79 Å². The van der Waals surface area contributed by atoms with E-state index in [0.717, 1.165) is 40.5 Å². The molecule has 1 aromatic heterocycles. The second-order valence-corrected chi connectivity index (χ2v) is 7.75. The van der Waals surface area contributed by atoms with Gasteiger partial charge in [0.05, 0.1) is 18.5 Å². The second-order valence-electron chi connectivity index (χ2n) is 7.32. The van der Waals surface area contributed by atoms with Crippen LogP contribution in [0.3, 0.4) is 0 Å². The molecular formula is C23H23ClN4O2. The molecule has 0 saturated heterocycles. The van der Waals surface area contributed by atoms with Crippen molar-refractivity contribution in [3.05, 3.63) is 70.3 Å². The first-order chi connectivity index (χ1) is 14.5. The van der Waals surface area contributed by atoms with Crippen molar-refractivity contribution in [2.45, 2.75) is 39.2 Å². The maximum atomic E-state index is 12.5. The Hall–Kier alpha value is -2.99. The van der Waals surface area contributed by atoms with Gasteiger partial charge in [0.25, 0.3) is 0 Å². The topological polar surface area (TPSA) is 69.4 Å². The van der Waals surface area contributed by atoms with Crippen LogP contribution in [0.2, 0.25) is 5.02 Å². The predicted octanol–water partition coefficient (Wildman–Crippen LogP) is 4.89. The maximum Gasteiger partial charge on any atom is 0.162 e. The van der Waals surface area contributed by atoms with E-state index in [4.69, 9.17) is 21.3 Å². The monoisotopic (exact) mass is 422 g/mol. The third kappa shape index (κ3) is 3.75. The molecule has 1 aliphatic heterocycles. The lowest BCUT2D eigenvalue weighted by Gasteiger charge is -2.14. The highest BCUT2D eigenvalue weighted by Crippen LogP contribution is 2.34. The van der Waals surface area contributed by atoms with Crippen LogP contribution in [0.25, 0.3) is 5.69 Å². The molecule has 0 fully saturated rings. The molecular weight excluding hydrogens is 400 g/mol. The maximum absolute atomic E-state index is 12.5. The molecule has 0 aliphatic carbocycles. The van der Waals surface area contributed by atoms with Gasteiger partial charge < -0.3 is 4.74 Å². The molecule has 0 amide bonds. The van der Waals surface area contributed by atoms with Crippen LogP contribution in [0, 0.1) is 6.92 Å². The lowest BCUT2D eigenvalue weighted by atomic mass is 9.99. The van der Waals surface area contributed by atoms with E-state index in [0.29, 0.717) is 17.3 Å². The van der Waals surface area contributed by atoms with Gasteiger partial charge in [-0.2, -0.15) is 0 Å². The number of Topliss-reactive ketones (excluding diaryl/α,β-unsaturated/α-hetero) is 1. The Bertz CT molecular complexity index is 1120. The van der Waals surface area contributed by atoms with E-state index < -0.39 is 6.04 Å². The Balaban J connectivity index is 1.96. The summed E-state index contributed by atoms with van der Waals surface area (Å²) in [6, 6.07) is 13.0. The average Bonchev–Trinajstić information content (AvgIpc) is 3.06. The van der Waals surface area contributed by atoms with E-state index in [1.165, 1.54) is 0 Å². The zero-order valence-electron chi connectivity index (χ0n) is 17.2. The van der Waals surface area contributed by atoms with Crippen LogP contribution in [0.4, 0.5) is 0 Å². The van der Waals surface area contributed by atoms with Gasteiger partial charge in [-0.05, 0) is 43.7 Å². The number of aromatic nitrogens is 3. The minimum absolute atomic E-state index is 0.164. The molecule has 0 N–H and O–H groups in total. The number of halogens is 1. The van der Waals surface area contributed by atoms with Gasteiger partial charge in [0.15, 0.2) is 5.82 Å². The molecule has 2 aromatic carbocycles. The van der Waals surface area contributed by atoms with E-state index in [-0.39, 0.29) is 12.2 Å². The number of carbonyl (C=O) groups is 1. The number of rotatable bonds is 6.